The minimum atomic E-state index is -0.673. The molecule has 0 unspecified atom stereocenters. The lowest BCUT2D eigenvalue weighted by Gasteiger charge is -2.01. The second-order valence-corrected chi connectivity index (χ2v) is 5.28. The highest BCUT2D eigenvalue weighted by Gasteiger charge is 2.26. The molecule has 122 valence electrons. The number of rotatable bonds is 5. The zero-order valence-electron chi connectivity index (χ0n) is 12.7. The number of esters is 1. The van der Waals surface area contributed by atoms with E-state index in [-0.39, 0.29) is 23.6 Å². The molecule has 0 bridgehead atoms. The van der Waals surface area contributed by atoms with Gasteiger partial charge >= 0.3 is 5.97 Å². The van der Waals surface area contributed by atoms with Crippen LogP contribution in [0.25, 0.3) is 5.69 Å². The first-order valence-electron chi connectivity index (χ1n) is 7.21. The molecule has 0 atom stereocenters. The van der Waals surface area contributed by atoms with Crippen molar-refractivity contribution >= 4 is 23.4 Å². The highest BCUT2D eigenvalue weighted by atomic mass is 35.5. The molecule has 0 aliphatic heterocycles. The molecule has 0 spiro atoms. The summed E-state index contributed by atoms with van der Waals surface area (Å²) >= 11 is 5.98. The van der Waals surface area contributed by atoms with Gasteiger partial charge in [0, 0.05) is 11.2 Å². The van der Waals surface area contributed by atoms with Gasteiger partial charge in [0.15, 0.2) is 11.5 Å². The molecule has 7 heteroatoms. The summed E-state index contributed by atoms with van der Waals surface area (Å²) in [5, 5.41) is 4.71. The Bertz CT molecular complexity index is 884. The van der Waals surface area contributed by atoms with Crippen molar-refractivity contribution in [1.29, 1.82) is 0 Å². The van der Waals surface area contributed by atoms with E-state index in [0.717, 1.165) is 0 Å². The molecule has 2 heterocycles. The van der Waals surface area contributed by atoms with Crippen molar-refractivity contribution in [3.63, 3.8) is 0 Å². The zero-order chi connectivity index (χ0) is 17.1. The van der Waals surface area contributed by atoms with Crippen LogP contribution in [0.1, 0.15) is 33.5 Å². The average molecular weight is 345 g/mol. The third kappa shape index (κ3) is 3.09. The van der Waals surface area contributed by atoms with E-state index in [4.69, 9.17) is 20.8 Å². The highest BCUT2D eigenvalue weighted by Crippen LogP contribution is 2.20. The van der Waals surface area contributed by atoms with Crippen LogP contribution >= 0.6 is 11.6 Å². The van der Waals surface area contributed by atoms with Gasteiger partial charge in [0.1, 0.15) is 0 Å². The molecule has 1 aromatic carbocycles. The molecule has 0 aliphatic carbocycles. The van der Waals surface area contributed by atoms with Crippen LogP contribution in [-0.2, 0) is 4.74 Å². The van der Waals surface area contributed by atoms with E-state index in [2.05, 4.69) is 5.10 Å². The Balaban J connectivity index is 2.09. The van der Waals surface area contributed by atoms with Crippen molar-refractivity contribution in [2.75, 3.05) is 6.61 Å². The third-order valence-electron chi connectivity index (χ3n) is 3.25. The number of ketones is 1. The van der Waals surface area contributed by atoms with Gasteiger partial charge < -0.3 is 9.15 Å². The first kappa shape index (κ1) is 16.0. The zero-order valence-corrected chi connectivity index (χ0v) is 13.5. The molecule has 0 saturated heterocycles. The average Bonchev–Trinajstić information content (AvgIpc) is 3.24. The molecule has 0 amide bonds. The summed E-state index contributed by atoms with van der Waals surface area (Å²) in [6.45, 7) is 1.86. The first-order valence-corrected chi connectivity index (χ1v) is 7.59. The van der Waals surface area contributed by atoms with Crippen LogP contribution in [0.2, 0.25) is 5.02 Å². The molecule has 0 saturated carbocycles. The largest absolute Gasteiger partial charge is 0.461 e. The van der Waals surface area contributed by atoms with Gasteiger partial charge in [0.2, 0.25) is 5.78 Å². The fraction of sp³-hybridized carbons (Fsp3) is 0.118. The monoisotopic (exact) mass is 344 g/mol. The van der Waals surface area contributed by atoms with Gasteiger partial charge in [-0.1, -0.05) is 17.7 Å². The number of aromatic nitrogens is 2. The maximum absolute atomic E-state index is 12.6. The van der Waals surface area contributed by atoms with Gasteiger partial charge in [-0.2, -0.15) is 5.10 Å². The summed E-state index contributed by atoms with van der Waals surface area (Å²) in [6, 6.07) is 10.0. The number of benzene rings is 1. The second-order valence-electron chi connectivity index (χ2n) is 4.84. The smallest absolute Gasteiger partial charge is 0.359 e. The Morgan fingerprint density at radius 2 is 2.12 bits per heavy atom. The Morgan fingerprint density at radius 1 is 1.29 bits per heavy atom. The summed E-state index contributed by atoms with van der Waals surface area (Å²) in [6.07, 6.45) is 2.85. The predicted octanol–water partition coefficient (Wildman–Crippen LogP) is 3.53. The number of furan rings is 1. The van der Waals surface area contributed by atoms with Crippen LogP contribution in [0.15, 0.2) is 53.3 Å². The molecule has 0 N–H and O–H groups in total. The highest BCUT2D eigenvalue weighted by molar-refractivity contribution is 6.30. The lowest BCUT2D eigenvalue weighted by molar-refractivity contribution is 0.0516. The Hall–Kier alpha value is -2.86. The maximum Gasteiger partial charge on any atom is 0.359 e. The SMILES string of the molecule is CCOC(=O)c1nn(-c2cccc(Cl)c2)cc1C(=O)c1ccco1. The van der Waals surface area contributed by atoms with Crippen molar-refractivity contribution in [3.05, 3.63) is 70.9 Å². The first-order chi connectivity index (χ1) is 11.6. The van der Waals surface area contributed by atoms with Crippen molar-refractivity contribution < 1.29 is 18.7 Å². The molecular weight excluding hydrogens is 332 g/mol. The number of ether oxygens (including phenoxy) is 1. The minimum Gasteiger partial charge on any atom is -0.461 e. The van der Waals surface area contributed by atoms with Crippen LogP contribution in [0.3, 0.4) is 0 Å². The fourth-order valence-corrected chi connectivity index (χ4v) is 2.37. The van der Waals surface area contributed by atoms with E-state index in [1.807, 2.05) is 0 Å². The van der Waals surface area contributed by atoms with Crippen LogP contribution in [0.4, 0.5) is 0 Å². The number of carbonyl (C=O) groups is 2. The summed E-state index contributed by atoms with van der Waals surface area (Å²) in [7, 11) is 0. The Labute approximate surface area is 142 Å². The van der Waals surface area contributed by atoms with Crippen LogP contribution in [-0.4, -0.2) is 28.1 Å². The summed E-state index contributed by atoms with van der Waals surface area (Å²) < 4.78 is 11.5. The number of halogens is 1. The van der Waals surface area contributed by atoms with E-state index in [9.17, 15) is 9.59 Å². The molecule has 6 nitrogen and oxygen atoms in total. The van der Waals surface area contributed by atoms with Crippen molar-refractivity contribution in [2.24, 2.45) is 0 Å². The van der Waals surface area contributed by atoms with Gasteiger partial charge in [-0.15, -0.1) is 0 Å². The van der Waals surface area contributed by atoms with Crippen molar-refractivity contribution in [2.45, 2.75) is 6.92 Å². The molecule has 0 fully saturated rings. The van der Waals surface area contributed by atoms with E-state index in [1.165, 1.54) is 23.2 Å². The van der Waals surface area contributed by atoms with Gasteiger partial charge in [-0.25, -0.2) is 9.48 Å². The number of nitrogens with zero attached hydrogens (tertiary/aromatic N) is 2. The van der Waals surface area contributed by atoms with Crippen LogP contribution in [0.5, 0.6) is 0 Å². The van der Waals surface area contributed by atoms with E-state index >= 15 is 0 Å². The maximum atomic E-state index is 12.6. The molecule has 3 aromatic rings. The lowest BCUT2D eigenvalue weighted by Crippen LogP contribution is -2.11. The van der Waals surface area contributed by atoms with Gasteiger partial charge in [-0.3, -0.25) is 4.79 Å². The Morgan fingerprint density at radius 3 is 2.79 bits per heavy atom. The summed E-state index contributed by atoms with van der Waals surface area (Å²) in [4.78, 5) is 24.7. The topological polar surface area (TPSA) is 74.3 Å². The molecule has 2 aromatic heterocycles. The van der Waals surface area contributed by atoms with Crippen molar-refractivity contribution in [3.8, 4) is 5.69 Å². The van der Waals surface area contributed by atoms with Gasteiger partial charge in [0.25, 0.3) is 0 Å². The van der Waals surface area contributed by atoms with E-state index in [1.54, 1.807) is 37.3 Å². The molecule has 0 aliphatic rings. The minimum absolute atomic E-state index is 0.0711. The summed E-state index contributed by atoms with van der Waals surface area (Å²) in [5.41, 5.74) is 0.646. The predicted molar refractivity (Wildman–Crippen MR) is 86.7 cm³/mol. The molecule has 24 heavy (non-hydrogen) atoms. The normalized spacial score (nSPS) is 10.6. The van der Waals surface area contributed by atoms with Gasteiger partial charge in [0.05, 0.1) is 24.1 Å². The van der Waals surface area contributed by atoms with Crippen LogP contribution < -0.4 is 0 Å². The van der Waals surface area contributed by atoms with E-state index < -0.39 is 11.8 Å². The molecule has 3 rings (SSSR count). The lowest BCUT2D eigenvalue weighted by atomic mass is 10.1. The van der Waals surface area contributed by atoms with Gasteiger partial charge in [-0.05, 0) is 37.3 Å². The van der Waals surface area contributed by atoms with Crippen LogP contribution in [0, 0.1) is 0 Å². The quantitative estimate of drug-likeness (QED) is 0.523. The fourth-order valence-electron chi connectivity index (χ4n) is 2.18. The molecular formula is C17H13ClN2O4. The number of hydrogen-bond donors (Lipinski definition) is 0. The third-order valence-corrected chi connectivity index (χ3v) is 3.48. The summed E-state index contributed by atoms with van der Waals surface area (Å²) in [5.74, 6) is -1.00. The van der Waals surface area contributed by atoms with Crippen molar-refractivity contribution in [1.82, 2.24) is 9.78 Å². The Kier molecular flexibility index (Phi) is 4.48. The number of carbonyl (C=O) groups excluding carboxylic acids is 2. The molecule has 0 radical (unpaired) electrons. The standard InChI is InChI=1S/C17H13ClN2O4/c1-2-23-17(22)15-13(16(21)14-7-4-8-24-14)10-20(19-15)12-6-3-5-11(18)9-12/h3-10H,2H2,1H3. The second kappa shape index (κ2) is 6.72. The van der Waals surface area contributed by atoms with E-state index in [0.29, 0.717) is 10.7 Å². The number of hydrogen-bond acceptors (Lipinski definition) is 5.